The van der Waals surface area contributed by atoms with Gasteiger partial charge in [0.1, 0.15) is 5.60 Å². The number of ether oxygens (including phenoxy) is 2. The number of carbonyl (C=O) groups is 3. The Labute approximate surface area is 152 Å². The first-order valence-corrected chi connectivity index (χ1v) is 8.55. The normalized spacial score (nSPS) is 17.5. The first-order valence-electron chi connectivity index (χ1n) is 8.55. The van der Waals surface area contributed by atoms with Gasteiger partial charge in [0.2, 0.25) is 0 Å². The summed E-state index contributed by atoms with van der Waals surface area (Å²) in [6, 6.07) is 1.48. The maximum absolute atomic E-state index is 12.8. The van der Waals surface area contributed by atoms with Crippen molar-refractivity contribution in [3.05, 3.63) is 29.1 Å². The minimum absolute atomic E-state index is 0.0510. The molecule has 3 heterocycles. The zero-order chi connectivity index (χ0) is 19.1. The number of hydrogen-bond acceptors (Lipinski definition) is 6. The quantitative estimate of drug-likeness (QED) is 0.742. The fraction of sp³-hybridized carbons (Fsp3) is 0.556. The van der Waals surface area contributed by atoms with Gasteiger partial charge in [-0.25, -0.2) is 9.59 Å². The van der Waals surface area contributed by atoms with E-state index in [0.717, 1.165) is 0 Å². The molecule has 0 atom stereocenters. The molecule has 0 spiro atoms. The predicted octanol–water partition coefficient (Wildman–Crippen LogP) is 1.49. The van der Waals surface area contributed by atoms with E-state index in [-0.39, 0.29) is 23.6 Å². The highest BCUT2D eigenvalue weighted by molar-refractivity contribution is 5.99. The highest BCUT2D eigenvalue weighted by Gasteiger charge is 2.41. The molecular weight excluding hydrogens is 338 g/mol. The van der Waals surface area contributed by atoms with Crippen molar-refractivity contribution in [1.82, 2.24) is 14.8 Å². The van der Waals surface area contributed by atoms with Crippen LogP contribution in [0.1, 0.15) is 47.2 Å². The standard InChI is InChI=1S/C18H23N3O5/c1-18(2,3)26-17(24)20-9-12(10-20)21-6-5-14-13(15(21)22)7-11(8-19-14)16(23)25-4/h7-8,12H,5-6,9-10H2,1-4H3. The number of pyridine rings is 1. The molecule has 8 heteroatoms. The van der Waals surface area contributed by atoms with Crippen LogP contribution in [0, 0.1) is 0 Å². The number of carbonyl (C=O) groups excluding carboxylic acids is 3. The molecule has 2 aliphatic rings. The number of fused-ring (bicyclic) bond motifs is 1. The highest BCUT2D eigenvalue weighted by Crippen LogP contribution is 2.25. The molecule has 0 bridgehead atoms. The Balaban J connectivity index is 1.67. The summed E-state index contributed by atoms with van der Waals surface area (Å²) in [7, 11) is 1.29. The summed E-state index contributed by atoms with van der Waals surface area (Å²) < 4.78 is 10.0. The molecule has 0 unspecified atom stereocenters. The summed E-state index contributed by atoms with van der Waals surface area (Å²) in [4.78, 5) is 44.1. The maximum atomic E-state index is 12.8. The third kappa shape index (κ3) is 3.49. The SMILES string of the molecule is COC(=O)c1cnc2c(c1)C(=O)N(C1CN(C(=O)OC(C)(C)C)C1)CC2. The summed E-state index contributed by atoms with van der Waals surface area (Å²) in [5.74, 6) is -0.691. The van der Waals surface area contributed by atoms with E-state index in [1.165, 1.54) is 19.4 Å². The molecule has 2 amide bonds. The number of amides is 2. The molecule has 0 aromatic carbocycles. The first kappa shape index (κ1) is 18.2. The van der Waals surface area contributed by atoms with E-state index in [9.17, 15) is 14.4 Å². The predicted molar refractivity (Wildman–Crippen MR) is 91.9 cm³/mol. The van der Waals surface area contributed by atoms with Gasteiger partial charge in [0, 0.05) is 32.3 Å². The minimum Gasteiger partial charge on any atom is -0.465 e. The third-order valence-electron chi connectivity index (χ3n) is 4.43. The lowest BCUT2D eigenvalue weighted by atomic mass is 9.98. The Kier molecular flexibility index (Phi) is 4.60. The Morgan fingerprint density at radius 2 is 1.96 bits per heavy atom. The second-order valence-electron chi connectivity index (χ2n) is 7.50. The van der Waals surface area contributed by atoms with Crippen LogP contribution < -0.4 is 0 Å². The molecular formula is C18H23N3O5. The minimum atomic E-state index is -0.544. The summed E-state index contributed by atoms with van der Waals surface area (Å²) in [6.45, 7) is 6.89. The number of rotatable bonds is 2. The fourth-order valence-corrected chi connectivity index (χ4v) is 3.07. The second kappa shape index (κ2) is 6.59. The van der Waals surface area contributed by atoms with Crippen molar-refractivity contribution < 1.29 is 23.9 Å². The Bertz CT molecular complexity index is 750. The average Bonchev–Trinajstić information content (AvgIpc) is 2.53. The van der Waals surface area contributed by atoms with E-state index in [1.54, 1.807) is 9.80 Å². The van der Waals surface area contributed by atoms with Gasteiger partial charge < -0.3 is 19.3 Å². The maximum Gasteiger partial charge on any atom is 0.410 e. The Hall–Kier alpha value is -2.64. The Morgan fingerprint density at radius 3 is 2.58 bits per heavy atom. The molecule has 0 aliphatic carbocycles. The molecule has 1 fully saturated rings. The zero-order valence-electron chi connectivity index (χ0n) is 15.4. The molecule has 2 aliphatic heterocycles. The highest BCUT2D eigenvalue weighted by atomic mass is 16.6. The van der Waals surface area contributed by atoms with Gasteiger partial charge in [0.25, 0.3) is 5.91 Å². The lowest BCUT2D eigenvalue weighted by Gasteiger charge is -2.46. The van der Waals surface area contributed by atoms with Gasteiger partial charge in [-0.1, -0.05) is 0 Å². The molecule has 8 nitrogen and oxygen atoms in total. The van der Waals surface area contributed by atoms with Crippen LogP contribution in [0.3, 0.4) is 0 Å². The molecule has 3 rings (SSSR count). The van der Waals surface area contributed by atoms with Crippen LogP contribution in [0.25, 0.3) is 0 Å². The second-order valence-corrected chi connectivity index (χ2v) is 7.50. The average molecular weight is 361 g/mol. The number of nitrogens with zero attached hydrogens (tertiary/aromatic N) is 3. The van der Waals surface area contributed by atoms with Gasteiger partial charge >= 0.3 is 12.1 Å². The van der Waals surface area contributed by atoms with Crippen molar-refractivity contribution in [3.8, 4) is 0 Å². The van der Waals surface area contributed by atoms with Gasteiger partial charge in [0.05, 0.1) is 30.0 Å². The number of methoxy groups -OCH3 is 1. The number of likely N-dealkylation sites (tertiary alicyclic amines) is 1. The van der Waals surface area contributed by atoms with Crippen LogP contribution >= 0.6 is 0 Å². The molecule has 1 aromatic heterocycles. The number of aromatic nitrogens is 1. The van der Waals surface area contributed by atoms with Crippen molar-refractivity contribution in [2.75, 3.05) is 26.7 Å². The van der Waals surface area contributed by atoms with E-state index in [2.05, 4.69) is 9.72 Å². The van der Waals surface area contributed by atoms with Crippen LogP contribution in [0.4, 0.5) is 4.79 Å². The monoisotopic (exact) mass is 361 g/mol. The van der Waals surface area contributed by atoms with Crippen LogP contribution in [-0.2, 0) is 15.9 Å². The molecule has 0 saturated carbocycles. The third-order valence-corrected chi connectivity index (χ3v) is 4.43. The summed E-state index contributed by atoms with van der Waals surface area (Å²) >= 11 is 0. The topological polar surface area (TPSA) is 89.0 Å². The van der Waals surface area contributed by atoms with E-state index < -0.39 is 11.6 Å². The lowest BCUT2D eigenvalue weighted by Crippen LogP contribution is -2.63. The van der Waals surface area contributed by atoms with Gasteiger partial charge in [-0.2, -0.15) is 0 Å². The lowest BCUT2D eigenvalue weighted by molar-refractivity contribution is -0.0134. The fourth-order valence-electron chi connectivity index (χ4n) is 3.07. The van der Waals surface area contributed by atoms with E-state index in [4.69, 9.17) is 4.74 Å². The van der Waals surface area contributed by atoms with Gasteiger partial charge in [-0.3, -0.25) is 9.78 Å². The van der Waals surface area contributed by atoms with Gasteiger partial charge in [-0.05, 0) is 26.8 Å². The van der Waals surface area contributed by atoms with Crippen LogP contribution in [0.5, 0.6) is 0 Å². The zero-order valence-corrected chi connectivity index (χ0v) is 15.4. The van der Waals surface area contributed by atoms with Crippen molar-refractivity contribution in [2.24, 2.45) is 0 Å². The van der Waals surface area contributed by atoms with Crippen LogP contribution in [0.15, 0.2) is 12.3 Å². The first-order chi connectivity index (χ1) is 12.2. The summed E-state index contributed by atoms with van der Waals surface area (Å²) in [6.07, 6.45) is 1.68. The number of hydrogen-bond donors (Lipinski definition) is 0. The summed E-state index contributed by atoms with van der Waals surface area (Å²) in [5, 5.41) is 0. The Morgan fingerprint density at radius 1 is 1.27 bits per heavy atom. The summed E-state index contributed by atoms with van der Waals surface area (Å²) in [5.41, 5.74) is 0.820. The van der Waals surface area contributed by atoms with Crippen molar-refractivity contribution in [1.29, 1.82) is 0 Å². The number of esters is 1. The van der Waals surface area contributed by atoms with E-state index >= 15 is 0 Å². The van der Waals surface area contributed by atoms with Crippen LogP contribution in [-0.4, -0.2) is 71.1 Å². The largest absolute Gasteiger partial charge is 0.465 e. The van der Waals surface area contributed by atoms with E-state index in [1.807, 2.05) is 20.8 Å². The van der Waals surface area contributed by atoms with Gasteiger partial charge in [0.15, 0.2) is 0 Å². The van der Waals surface area contributed by atoms with Crippen molar-refractivity contribution in [2.45, 2.75) is 38.8 Å². The van der Waals surface area contributed by atoms with Crippen molar-refractivity contribution in [3.63, 3.8) is 0 Å². The molecule has 0 radical (unpaired) electrons. The molecule has 140 valence electrons. The molecule has 26 heavy (non-hydrogen) atoms. The molecule has 0 N–H and O–H groups in total. The van der Waals surface area contributed by atoms with Crippen molar-refractivity contribution >= 4 is 18.0 Å². The molecule has 1 aromatic rings. The van der Waals surface area contributed by atoms with Gasteiger partial charge in [-0.15, -0.1) is 0 Å². The van der Waals surface area contributed by atoms with Crippen LogP contribution in [0.2, 0.25) is 0 Å². The molecule has 1 saturated heterocycles. The van der Waals surface area contributed by atoms with E-state index in [0.29, 0.717) is 37.3 Å². The smallest absolute Gasteiger partial charge is 0.410 e.